The summed E-state index contributed by atoms with van der Waals surface area (Å²) in [5.74, 6) is -1.31. The Labute approximate surface area is 140 Å². The summed E-state index contributed by atoms with van der Waals surface area (Å²) in [4.78, 5) is -0.278. The third kappa shape index (κ3) is 3.05. The normalized spacial score (nSPS) is 15.3. The second-order valence-electron chi connectivity index (χ2n) is 4.59. The zero-order chi connectivity index (χ0) is 16.8. The van der Waals surface area contributed by atoms with Crippen molar-refractivity contribution >= 4 is 50.6 Å². The third-order valence-corrected chi connectivity index (χ3v) is 4.71. The van der Waals surface area contributed by atoms with E-state index in [4.69, 9.17) is 23.2 Å². The van der Waals surface area contributed by atoms with Crippen LogP contribution in [0.4, 0.5) is 15.8 Å². The van der Waals surface area contributed by atoms with Gasteiger partial charge in [-0.2, -0.15) is 8.42 Å². The molecular formula is C13H8Cl2FN3O3S. The molecule has 2 aromatic carbocycles. The molecule has 3 rings (SSSR count). The highest BCUT2D eigenvalue weighted by atomic mass is 35.5. The van der Waals surface area contributed by atoms with Gasteiger partial charge in [0.15, 0.2) is 0 Å². The van der Waals surface area contributed by atoms with Gasteiger partial charge in [-0.3, -0.25) is 0 Å². The van der Waals surface area contributed by atoms with E-state index in [1.165, 1.54) is 18.2 Å². The monoisotopic (exact) mass is 375 g/mol. The minimum Gasteiger partial charge on any atom is -0.506 e. The predicted octanol–water partition coefficient (Wildman–Crippen LogP) is 3.42. The van der Waals surface area contributed by atoms with Gasteiger partial charge < -0.3 is 15.7 Å². The molecule has 1 heterocycles. The van der Waals surface area contributed by atoms with Crippen molar-refractivity contribution in [3.8, 4) is 5.75 Å². The SMILES string of the molecule is O=S1(=O)N=C(Nc2cc(Cl)ccc2F)Nc2c(O)cc(Cl)cc21. The Morgan fingerprint density at radius 3 is 2.65 bits per heavy atom. The van der Waals surface area contributed by atoms with Crippen molar-refractivity contribution in [3.05, 3.63) is 46.2 Å². The van der Waals surface area contributed by atoms with E-state index in [9.17, 15) is 17.9 Å². The number of halogens is 3. The molecule has 0 radical (unpaired) electrons. The number of hydrogen-bond acceptors (Lipinski definition) is 5. The summed E-state index contributed by atoms with van der Waals surface area (Å²) in [6, 6.07) is 6.06. The fourth-order valence-corrected chi connectivity index (χ4v) is 3.55. The summed E-state index contributed by atoms with van der Waals surface area (Å²) in [5.41, 5.74) is -0.176. The van der Waals surface area contributed by atoms with Crippen LogP contribution in [-0.4, -0.2) is 19.5 Å². The number of fused-ring (bicyclic) bond motifs is 1. The van der Waals surface area contributed by atoms with Crippen LogP contribution < -0.4 is 10.6 Å². The van der Waals surface area contributed by atoms with E-state index in [0.29, 0.717) is 0 Å². The van der Waals surface area contributed by atoms with Crippen molar-refractivity contribution in [2.75, 3.05) is 10.6 Å². The Kier molecular flexibility index (Phi) is 3.83. The lowest BCUT2D eigenvalue weighted by Gasteiger charge is -2.20. The maximum absolute atomic E-state index is 13.7. The molecule has 0 saturated carbocycles. The van der Waals surface area contributed by atoms with Gasteiger partial charge in [0.2, 0.25) is 5.96 Å². The second kappa shape index (κ2) is 5.55. The summed E-state index contributed by atoms with van der Waals surface area (Å²) in [6.45, 7) is 0. The lowest BCUT2D eigenvalue weighted by Crippen LogP contribution is -2.28. The topological polar surface area (TPSA) is 90.8 Å². The van der Waals surface area contributed by atoms with Gasteiger partial charge in [-0.1, -0.05) is 23.2 Å². The van der Waals surface area contributed by atoms with Gasteiger partial charge in [0.25, 0.3) is 10.0 Å². The van der Waals surface area contributed by atoms with Crippen LogP contribution in [0.15, 0.2) is 39.6 Å². The summed E-state index contributed by atoms with van der Waals surface area (Å²) in [7, 11) is -4.12. The minimum atomic E-state index is -4.12. The molecule has 0 bridgehead atoms. The minimum absolute atomic E-state index is 0.0409. The fraction of sp³-hybridized carbons (Fsp3) is 0. The average molecular weight is 376 g/mol. The van der Waals surface area contributed by atoms with Crippen molar-refractivity contribution in [3.63, 3.8) is 0 Å². The molecule has 0 spiro atoms. The molecule has 23 heavy (non-hydrogen) atoms. The van der Waals surface area contributed by atoms with Crippen LogP contribution in [0.1, 0.15) is 0 Å². The molecule has 0 atom stereocenters. The maximum Gasteiger partial charge on any atom is 0.287 e. The molecule has 120 valence electrons. The molecule has 0 unspecified atom stereocenters. The van der Waals surface area contributed by atoms with E-state index in [2.05, 4.69) is 15.0 Å². The smallest absolute Gasteiger partial charge is 0.287 e. The van der Waals surface area contributed by atoms with E-state index >= 15 is 0 Å². The molecule has 0 aliphatic carbocycles. The Morgan fingerprint density at radius 1 is 1.17 bits per heavy atom. The molecule has 1 aliphatic rings. The highest BCUT2D eigenvalue weighted by Gasteiger charge is 2.28. The number of guanidine groups is 1. The molecule has 10 heteroatoms. The van der Waals surface area contributed by atoms with Crippen LogP contribution in [0.25, 0.3) is 0 Å². The third-order valence-electron chi connectivity index (χ3n) is 2.96. The highest BCUT2D eigenvalue weighted by Crippen LogP contribution is 2.37. The fourth-order valence-electron chi connectivity index (χ4n) is 1.98. The van der Waals surface area contributed by atoms with Crippen LogP contribution in [0.2, 0.25) is 10.0 Å². The lowest BCUT2D eigenvalue weighted by atomic mass is 10.3. The van der Waals surface area contributed by atoms with E-state index in [1.807, 2.05) is 0 Å². The Hall–Kier alpha value is -2.03. The summed E-state index contributed by atoms with van der Waals surface area (Å²) in [6.07, 6.45) is 0. The van der Waals surface area contributed by atoms with Gasteiger partial charge in [-0.05, 0) is 24.3 Å². The Bertz CT molecular complexity index is 948. The number of sulfonamides is 1. The summed E-state index contributed by atoms with van der Waals surface area (Å²) >= 11 is 11.5. The number of benzene rings is 2. The van der Waals surface area contributed by atoms with Crippen molar-refractivity contribution in [2.45, 2.75) is 4.90 Å². The number of nitrogens with zero attached hydrogens (tertiary/aromatic N) is 1. The van der Waals surface area contributed by atoms with Gasteiger partial charge in [0.05, 0.1) is 5.69 Å². The molecule has 0 aromatic heterocycles. The van der Waals surface area contributed by atoms with Crippen LogP contribution in [0.5, 0.6) is 5.75 Å². The zero-order valence-electron chi connectivity index (χ0n) is 11.1. The largest absolute Gasteiger partial charge is 0.506 e. The first-order valence-electron chi connectivity index (χ1n) is 6.13. The quantitative estimate of drug-likeness (QED) is 0.664. The lowest BCUT2D eigenvalue weighted by molar-refractivity contribution is 0.476. The van der Waals surface area contributed by atoms with E-state index < -0.39 is 15.8 Å². The maximum atomic E-state index is 13.7. The predicted molar refractivity (Wildman–Crippen MR) is 86.4 cm³/mol. The van der Waals surface area contributed by atoms with Crippen LogP contribution >= 0.6 is 23.2 Å². The van der Waals surface area contributed by atoms with Gasteiger partial charge in [0, 0.05) is 16.1 Å². The van der Waals surface area contributed by atoms with Gasteiger partial charge in [-0.25, -0.2) is 4.39 Å². The molecule has 6 nitrogen and oxygen atoms in total. The van der Waals surface area contributed by atoms with E-state index in [1.54, 1.807) is 0 Å². The number of anilines is 2. The number of rotatable bonds is 1. The van der Waals surface area contributed by atoms with Crippen molar-refractivity contribution in [2.24, 2.45) is 4.40 Å². The molecule has 1 aliphatic heterocycles. The van der Waals surface area contributed by atoms with Crippen molar-refractivity contribution < 1.29 is 17.9 Å². The van der Waals surface area contributed by atoms with Crippen molar-refractivity contribution in [1.29, 1.82) is 0 Å². The highest BCUT2D eigenvalue weighted by molar-refractivity contribution is 7.90. The summed E-state index contributed by atoms with van der Waals surface area (Å²) in [5, 5.41) is 15.2. The zero-order valence-corrected chi connectivity index (χ0v) is 13.5. The molecule has 0 amide bonds. The molecule has 3 N–H and O–H groups in total. The van der Waals surface area contributed by atoms with Crippen molar-refractivity contribution in [1.82, 2.24) is 0 Å². The first-order valence-corrected chi connectivity index (χ1v) is 8.32. The molecule has 0 saturated heterocycles. The van der Waals surface area contributed by atoms with E-state index in [0.717, 1.165) is 12.1 Å². The molecular weight excluding hydrogens is 368 g/mol. The van der Waals surface area contributed by atoms with Crippen LogP contribution in [0.3, 0.4) is 0 Å². The van der Waals surface area contributed by atoms with Crippen LogP contribution in [0, 0.1) is 5.82 Å². The molecule has 2 aromatic rings. The first kappa shape index (κ1) is 15.9. The Balaban J connectivity index is 2.04. The second-order valence-corrected chi connectivity index (χ2v) is 7.03. The number of phenolic OH excluding ortho intramolecular Hbond substituents is 1. The number of nitrogens with one attached hydrogen (secondary N) is 2. The number of phenols is 1. The van der Waals surface area contributed by atoms with Crippen LogP contribution in [-0.2, 0) is 10.0 Å². The standard InChI is InChI=1S/C13H8Cl2FN3O3S/c14-6-1-2-8(16)9(3-6)17-13-18-12-10(20)4-7(15)5-11(12)23(21,22)19-13/h1-5,20H,(H2,17,18,19). The van der Waals surface area contributed by atoms with Gasteiger partial charge >= 0.3 is 0 Å². The number of hydrogen-bond donors (Lipinski definition) is 3. The first-order chi connectivity index (χ1) is 10.8. The Morgan fingerprint density at radius 2 is 1.91 bits per heavy atom. The summed E-state index contributed by atoms with van der Waals surface area (Å²) < 4.78 is 41.6. The number of aromatic hydroxyl groups is 1. The van der Waals surface area contributed by atoms with Gasteiger partial charge in [-0.15, -0.1) is 4.40 Å². The van der Waals surface area contributed by atoms with Gasteiger partial charge in [0.1, 0.15) is 22.1 Å². The van der Waals surface area contributed by atoms with E-state index in [-0.39, 0.29) is 38.0 Å². The molecule has 0 fully saturated rings. The average Bonchev–Trinajstić information content (AvgIpc) is 2.44.